The van der Waals surface area contributed by atoms with E-state index in [-0.39, 0.29) is 11.2 Å². The van der Waals surface area contributed by atoms with E-state index in [9.17, 15) is 4.39 Å². The fourth-order valence-electron chi connectivity index (χ4n) is 2.95. The Morgan fingerprint density at radius 1 is 1.42 bits per heavy atom. The van der Waals surface area contributed by atoms with Gasteiger partial charge in [-0.2, -0.15) is 0 Å². The molecule has 3 rings (SSSR count). The molecule has 2 N–H and O–H groups in total. The summed E-state index contributed by atoms with van der Waals surface area (Å²) in [5.41, 5.74) is 6.85. The first kappa shape index (κ1) is 13.0. The summed E-state index contributed by atoms with van der Waals surface area (Å²) in [7, 11) is 0. The summed E-state index contributed by atoms with van der Waals surface area (Å²) < 4.78 is 14.3. The third-order valence-corrected chi connectivity index (χ3v) is 5.71. The van der Waals surface area contributed by atoms with Gasteiger partial charge in [0.1, 0.15) is 10.8 Å². The Bertz CT molecular complexity index is 585. The van der Waals surface area contributed by atoms with E-state index < -0.39 is 0 Å². The van der Waals surface area contributed by atoms with Crippen LogP contribution in [-0.4, -0.2) is 11.5 Å². The van der Waals surface area contributed by atoms with E-state index in [1.54, 1.807) is 11.3 Å². The monoisotopic (exact) mass is 278 g/mol. The second kappa shape index (κ2) is 4.84. The summed E-state index contributed by atoms with van der Waals surface area (Å²) in [6.07, 6.45) is 4.63. The number of benzene rings is 1. The molecule has 0 saturated heterocycles. The van der Waals surface area contributed by atoms with Gasteiger partial charge in [-0.3, -0.25) is 0 Å². The summed E-state index contributed by atoms with van der Waals surface area (Å²) in [6.45, 7) is 2.94. The number of aromatic nitrogens is 1. The molecule has 2 nitrogen and oxygen atoms in total. The molecule has 19 heavy (non-hydrogen) atoms. The van der Waals surface area contributed by atoms with Crippen LogP contribution in [0.4, 0.5) is 4.39 Å². The van der Waals surface area contributed by atoms with Crippen molar-refractivity contribution in [2.24, 2.45) is 11.7 Å². The van der Waals surface area contributed by atoms with Crippen molar-refractivity contribution < 1.29 is 4.39 Å². The number of halogens is 1. The van der Waals surface area contributed by atoms with Gasteiger partial charge in [0.25, 0.3) is 0 Å². The first-order valence-corrected chi connectivity index (χ1v) is 7.71. The van der Waals surface area contributed by atoms with Crippen LogP contribution in [0.2, 0.25) is 0 Å². The van der Waals surface area contributed by atoms with Crippen LogP contribution in [0.15, 0.2) is 18.2 Å². The van der Waals surface area contributed by atoms with Crippen LogP contribution in [0.5, 0.6) is 0 Å². The number of hydrogen-bond donors (Lipinski definition) is 1. The molecule has 2 aromatic rings. The van der Waals surface area contributed by atoms with Crippen molar-refractivity contribution in [2.45, 2.75) is 38.0 Å². The fraction of sp³-hybridized carbons (Fsp3) is 0.533. The minimum absolute atomic E-state index is 0.0205. The molecule has 1 heterocycles. The molecule has 0 unspecified atom stereocenters. The minimum Gasteiger partial charge on any atom is -0.329 e. The molecule has 0 radical (unpaired) electrons. The summed E-state index contributed by atoms with van der Waals surface area (Å²) in [6, 6.07) is 4.84. The number of nitrogens with two attached hydrogens (primary N) is 1. The maximum absolute atomic E-state index is 13.3. The first-order chi connectivity index (χ1) is 9.13. The van der Waals surface area contributed by atoms with Gasteiger partial charge in [-0.15, -0.1) is 11.3 Å². The maximum Gasteiger partial charge on any atom is 0.125 e. The average Bonchev–Trinajstić information content (AvgIpc) is 2.83. The number of fused-ring (bicyclic) bond motifs is 1. The first-order valence-electron chi connectivity index (χ1n) is 6.90. The van der Waals surface area contributed by atoms with Crippen LogP contribution in [-0.2, 0) is 5.41 Å². The standard InChI is InChI=1S/C15H19FN2S/c1-10-4-6-15(9-17,7-5-10)14-18-12-8-11(16)2-3-13(12)19-14/h2-3,8,10H,4-7,9,17H2,1H3. The lowest BCUT2D eigenvalue weighted by atomic mass is 9.71. The van der Waals surface area contributed by atoms with E-state index in [0.29, 0.717) is 6.54 Å². The second-order valence-corrected chi connectivity index (χ2v) is 6.83. The van der Waals surface area contributed by atoms with Crippen molar-refractivity contribution in [3.8, 4) is 0 Å². The molecule has 1 aromatic heterocycles. The normalized spacial score (nSPS) is 27.8. The van der Waals surface area contributed by atoms with E-state index in [0.717, 1.165) is 34.0 Å². The predicted octanol–water partition coefficient (Wildman–Crippen LogP) is 3.84. The van der Waals surface area contributed by atoms with Crippen LogP contribution >= 0.6 is 11.3 Å². The van der Waals surface area contributed by atoms with Gasteiger partial charge in [-0.05, 0) is 43.7 Å². The number of rotatable bonds is 2. The maximum atomic E-state index is 13.3. The molecule has 0 atom stereocenters. The smallest absolute Gasteiger partial charge is 0.125 e. The van der Waals surface area contributed by atoms with Crippen molar-refractivity contribution in [2.75, 3.05) is 6.54 Å². The van der Waals surface area contributed by atoms with E-state index in [1.165, 1.54) is 25.0 Å². The quantitative estimate of drug-likeness (QED) is 0.906. The highest BCUT2D eigenvalue weighted by atomic mass is 32.1. The van der Waals surface area contributed by atoms with Crippen molar-refractivity contribution in [3.05, 3.63) is 29.0 Å². The molecule has 0 bridgehead atoms. The summed E-state index contributed by atoms with van der Waals surface area (Å²) in [5.74, 6) is 0.565. The highest BCUT2D eigenvalue weighted by Crippen LogP contribution is 2.43. The Morgan fingerprint density at radius 3 is 2.84 bits per heavy atom. The van der Waals surface area contributed by atoms with Crippen molar-refractivity contribution in [1.82, 2.24) is 4.98 Å². The van der Waals surface area contributed by atoms with E-state index in [2.05, 4.69) is 11.9 Å². The van der Waals surface area contributed by atoms with Gasteiger partial charge in [0, 0.05) is 18.0 Å². The van der Waals surface area contributed by atoms with Gasteiger partial charge in [-0.1, -0.05) is 6.92 Å². The predicted molar refractivity (Wildman–Crippen MR) is 77.9 cm³/mol. The molecule has 4 heteroatoms. The molecule has 1 aromatic carbocycles. The topological polar surface area (TPSA) is 38.9 Å². The Morgan fingerprint density at radius 2 is 2.16 bits per heavy atom. The Balaban J connectivity index is 2.01. The highest BCUT2D eigenvalue weighted by Gasteiger charge is 2.37. The Hall–Kier alpha value is -1.00. The summed E-state index contributed by atoms with van der Waals surface area (Å²) >= 11 is 1.68. The molecule has 1 saturated carbocycles. The van der Waals surface area contributed by atoms with Crippen LogP contribution in [0, 0.1) is 11.7 Å². The van der Waals surface area contributed by atoms with Crippen molar-refractivity contribution in [1.29, 1.82) is 0 Å². The third kappa shape index (κ3) is 2.28. The zero-order chi connectivity index (χ0) is 13.5. The van der Waals surface area contributed by atoms with Crippen LogP contribution in [0.25, 0.3) is 10.2 Å². The van der Waals surface area contributed by atoms with Gasteiger partial charge in [-0.25, -0.2) is 9.37 Å². The van der Waals surface area contributed by atoms with Crippen LogP contribution in [0.3, 0.4) is 0 Å². The molecule has 0 aliphatic heterocycles. The van der Waals surface area contributed by atoms with Crippen molar-refractivity contribution in [3.63, 3.8) is 0 Å². The number of nitrogens with zero attached hydrogens (tertiary/aromatic N) is 1. The Kier molecular flexibility index (Phi) is 3.31. The van der Waals surface area contributed by atoms with Gasteiger partial charge in [0.2, 0.25) is 0 Å². The molecule has 102 valence electrons. The Labute approximate surface area is 116 Å². The van der Waals surface area contributed by atoms with E-state index in [4.69, 9.17) is 5.73 Å². The van der Waals surface area contributed by atoms with E-state index >= 15 is 0 Å². The molecular formula is C15H19FN2S. The number of hydrogen-bond acceptors (Lipinski definition) is 3. The van der Waals surface area contributed by atoms with Gasteiger partial charge < -0.3 is 5.73 Å². The van der Waals surface area contributed by atoms with Gasteiger partial charge in [0.15, 0.2) is 0 Å². The van der Waals surface area contributed by atoms with Crippen molar-refractivity contribution >= 4 is 21.6 Å². The molecule has 0 spiro atoms. The lowest BCUT2D eigenvalue weighted by Crippen LogP contribution is -2.38. The van der Waals surface area contributed by atoms with E-state index in [1.807, 2.05) is 6.07 Å². The summed E-state index contributed by atoms with van der Waals surface area (Å²) in [4.78, 5) is 4.66. The van der Waals surface area contributed by atoms with Crippen LogP contribution in [0.1, 0.15) is 37.6 Å². The SMILES string of the molecule is CC1CCC(CN)(c2nc3cc(F)ccc3s2)CC1. The molecule has 0 amide bonds. The lowest BCUT2D eigenvalue weighted by molar-refractivity contribution is 0.247. The zero-order valence-corrected chi connectivity index (χ0v) is 12.0. The highest BCUT2D eigenvalue weighted by molar-refractivity contribution is 7.18. The van der Waals surface area contributed by atoms with Gasteiger partial charge >= 0.3 is 0 Å². The molecule has 1 aliphatic carbocycles. The largest absolute Gasteiger partial charge is 0.329 e. The average molecular weight is 278 g/mol. The number of thiazole rings is 1. The third-order valence-electron chi connectivity index (χ3n) is 4.43. The van der Waals surface area contributed by atoms with Crippen LogP contribution < -0.4 is 5.73 Å². The lowest BCUT2D eigenvalue weighted by Gasteiger charge is -2.36. The zero-order valence-electron chi connectivity index (χ0n) is 11.2. The fourth-order valence-corrected chi connectivity index (χ4v) is 4.15. The summed E-state index contributed by atoms with van der Waals surface area (Å²) in [5, 5.41) is 1.10. The van der Waals surface area contributed by atoms with Gasteiger partial charge in [0.05, 0.1) is 10.2 Å². The minimum atomic E-state index is -0.219. The molecule has 1 fully saturated rings. The second-order valence-electron chi connectivity index (χ2n) is 5.80. The molecular weight excluding hydrogens is 259 g/mol. The molecule has 1 aliphatic rings.